The Balaban J connectivity index is 3.04. The van der Waals surface area contributed by atoms with Crippen LogP contribution in [-0.4, -0.2) is 16.8 Å². The maximum Gasteiger partial charge on any atom is 0.252 e. The third-order valence-electron chi connectivity index (χ3n) is 1.37. The number of carbonyl (C=O) groups excluding carboxylic acids is 2. The van der Waals surface area contributed by atoms with Gasteiger partial charge in [-0.2, -0.15) is 0 Å². The van der Waals surface area contributed by atoms with Gasteiger partial charge in [0, 0.05) is 13.1 Å². The Kier molecular flexibility index (Phi) is 2.59. The Labute approximate surface area is 75.0 Å². The molecule has 2 amide bonds. The second-order valence-electron chi connectivity index (χ2n) is 2.45. The maximum absolute atomic E-state index is 10.8. The molecule has 0 unspecified atom stereocenters. The van der Waals surface area contributed by atoms with Gasteiger partial charge in [0.15, 0.2) is 0 Å². The number of anilines is 1. The van der Waals surface area contributed by atoms with Crippen molar-refractivity contribution in [2.45, 2.75) is 6.92 Å². The van der Waals surface area contributed by atoms with Gasteiger partial charge in [-0.15, -0.1) is 0 Å². The van der Waals surface area contributed by atoms with Gasteiger partial charge < -0.3 is 11.1 Å². The van der Waals surface area contributed by atoms with Crippen molar-refractivity contribution in [3.05, 3.63) is 23.9 Å². The number of primary amides is 1. The average molecular weight is 179 g/mol. The van der Waals surface area contributed by atoms with Crippen LogP contribution >= 0.6 is 0 Å². The van der Waals surface area contributed by atoms with Gasteiger partial charge in [-0.25, -0.2) is 4.98 Å². The summed E-state index contributed by atoms with van der Waals surface area (Å²) in [6.07, 6.45) is 1.47. The molecule has 5 nitrogen and oxygen atoms in total. The third kappa shape index (κ3) is 2.26. The molecule has 1 aromatic rings. The summed E-state index contributed by atoms with van der Waals surface area (Å²) < 4.78 is 0. The van der Waals surface area contributed by atoms with Gasteiger partial charge in [-0.3, -0.25) is 9.59 Å². The number of nitrogens with zero attached hydrogens (tertiary/aromatic N) is 1. The summed E-state index contributed by atoms with van der Waals surface area (Å²) in [5.74, 6) is -0.708. The van der Waals surface area contributed by atoms with Crippen molar-refractivity contribution >= 4 is 17.6 Å². The van der Waals surface area contributed by atoms with Gasteiger partial charge in [0.1, 0.15) is 5.82 Å². The van der Waals surface area contributed by atoms with E-state index in [-0.39, 0.29) is 17.3 Å². The number of amides is 2. The predicted molar refractivity (Wildman–Crippen MR) is 47.1 cm³/mol. The third-order valence-corrected chi connectivity index (χ3v) is 1.37. The lowest BCUT2D eigenvalue weighted by atomic mass is 10.2. The second kappa shape index (κ2) is 3.66. The highest BCUT2D eigenvalue weighted by Gasteiger charge is 2.08. The number of aromatic nitrogens is 1. The zero-order valence-electron chi connectivity index (χ0n) is 7.07. The monoisotopic (exact) mass is 179 g/mol. The summed E-state index contributed by atoms with van der Waals surface area (Å²) in [7, 11) is 0. The van der Waals surface area contributed by atoms with Crippen LogP contribution in [-0.2, 0) is 4.79 Å². The van der Waals surface area contributed by atoms with E-state index in [9.17, 15) is 9.59 Å². The van der Waals surface area contributed by atoms with Crippen LogP contribution < -0.4 is 11.1 Å². The Morgan fingerprint density at radius 3 is 2.77 bits per heavy atom. The largest absolute Gasteiger partial charge is 0.365 e. The summed E-state index contributed by atoms with van der Waals surface area (Å²) in [6, 6.07) is 3.08. The van der Waals surface area contributed by atoms with Crippen molar-refractivity contribution in [2.75, 3.05) is 5.32 Å². The SMILES string of the molecule is CC(=O)Nc1ncccc1C(N)=O. The molecule has 0 fully saturated rings. The van der Waals surface area contributed by atoms with Gasteiger partial charge in [-0.05, 0) is 12.1 Å². The quantitative estimate of drug-likeness (QED) is 0.677. The summed E-state index contributed by atoms with van der Waals surface area (Å²) in [5, 5.41) is 2.40. The fourth-order valence-corrected chi connectivity index (χ4v) is 0.870. The lowest BCUT2D eigenvalue weighted by Crippen LogP contribution is -2.17. The van der Waals surface area contributed by atoms with Crippen LogP contribution in [0.3, 0.4) is 0 Å². The highest BCUT2D eigenvalue weighted by Crippen LogP contribution is 2.09. The van der Waals surface area contributed by atoms with E-state index in [4.69, 9.17) is 5.73 Å². The van der Waals surface area contributed by atoms with E-state index in [0.717, 1.165) is 0 Å². The molecular weight excluding hydrogens is 170 g/mol. The van der Waals surface area contributed by atoms with Crippen LogP contribution in [0.5, 0.6) is 0 Å². The molecule has 0 radical (unpaired) electrons. The van der Waals surface area contributed by atoms with Gasteiger partial charge in [0.05, 0.1) is 5.56 Å². The topological polar surface area (TPSA) is 85.1 Å². The molecule has 0 bridgehead atoms. The van der Waals surface area contributed by atoms with Crippen LogP contribution in [0.2, 0.25) is 0 Å². The van der Waals surface area contributed by atoms with E-state index < -0.39 is 5.91 Å². The van der Waals surface area contributed by atoms with Gasteiger partial charge >= 0.3 is 0 Å². The van der Waals surface area contributed by atoms with Crippen molar-refractivity contribution in [2.24, 2.45) is 5.73 Å². The minimum atomic E-state index is -0.614. The number of pyridine rings is 1. The van der Waals surface area contributed by atoms with Crippen LogP contribution in [0.4, 0.5) is 5.82 Å². The lowest BCUT2D eigenvalue weighted by molar-refractivity contribution is -0.114. The molecule has 1 aromatic heterocycles. The molecule has 0 aliphatic rings. The molecule has 3 N–H and O–H groups in total. The van der Waals surface area contributed by atoms with E-state index in [1.807, 2.05) is 0 Å². The Morgan fingerprint density at radius 2 is 2.23 bits per heavy atom. The highest BCUT2D eigenvalue weighted by molar-refractivity contribution is 6.01. The molecule has 0 saturated carbocycles. The fourth-order valence-electron chi connectivity index (χ4n) is 0.870. The summed E-state index contributed by atoms with van der Waals surface area (Å²) >= 11 is 0. The van der Waals surface area contributed by atoms with Crippen molar-refractivity contribution in [3.63, 3.8) is 0 Å². The first-order valence-corrected chi connectivity index (χ1v) is 3.63. The van der Waals surface area contributed by atoms with Crippen LogP contribution in [0.25, 0.3) is 0 Å². The van der Waals surface area contributed by atoms with E-state index in [1.54, 1.807) is 6.07 Å². The van der Waals surface area contributed by atoms with E-state index in [2.05, 4.69) is 10.3 Å². The average Bonchev–Trinajstić information content (AvgIpc) is 2.03. The van der Waals surface area contributed by atoms with Gasteiger partial charge in [0.25, 0.3) is 5.91 Å². The summed E-state index contributed by atoms with van der Waals surface area (Å²) in [5.41, 5.74) is 5.27. The number of carbonyl (C=O) groups is 2. The first-order chi connectivity index (χ1) is 6.11. The number of rotatable bonds is 2. The molecule has 5 heteroatoms. The van der Waals surface area contributed by atoms with E-state index in [0.29, 0.717) is 0 Å². The van der Waals surface area contributed by atoms with E-state index >= 15 is 0 Å². The predicted octanol–water partition coefficient (Wildman–Crippen LogP) is 0.139. The first-order valence-electron chi connectivity index (χ1n) is 3.63. The van der Waals surface area contributed by atoms with Gasteiger partial charge in [0.2, 0.25) is 5.91 Å². The number of nitrogens with two attached hydrogens (primary N) is 1. The Morgan fingerprint density at radius 1 is 1.54 bits per heavy atom. The molecule has 0 atom stereocenters. The smallest absolute Gasteiger partial charge is 0.252 e. The standard InChI is InChI=1S/C8H9N3O2/c1-5(12)11-8-6(7(9)13)3-2-4-10-8/h2-4H,1H3,(H2,9,13)(H,10,11,12). The van der Waals surface area contributed by atoms with Crippen LogP contribution in [0.1, 0.15) is 17.3 Å². The molecule has 68 valence electrons. The second-order valence-corrected chi connectivity index (χ2v) is 2.45. The van der Waals surface area contributed by atoms with Crippen molar-refractivity contribution in [1.29, 1.82) is 0 Å². The molecule has 1 rings (SSSR count). The number of nitrogens with one attached hydrogen (secondary N) is 1. The van der Waals surface area contributed by atoms with Crippen molar-refractivity contribution in [1.82, 2.24) is 4.98 Å². The molecule has 0 saturated heterocycles. The molecule has 13 heavy (non-hydrogen) atoms. The lowest BCUT2D eigenvalue weighted by Gasteiger charge is -2.04. The zero-order chi connectivity index (χ0) is 9.84. The fraction of sp³-hybridized carbons (Fsp3) is 0.125. The highest BCUT2D eigenvalue weighted by atomic mass is 16.2. The first kappa shape index (κ1) is 9.18. The summed E-state index contributed by atoms with van der Waals surface area (Å²) in [6.45, 7) is 1.33. The molecule has 0 aliphatic heterocycles. The summed E-state index contributed by atoms with van der Waals surface area (Å²) in [4.78, 5) is 25.3. The van der Waals surface area contributed by atoms with Crippen LogP contribution in [0.15, 0.2) is 18.3 Å². The number of hydrogen-bond donors (Lipinski definition) is 2. The minimum absolute atomic E-state index is 0.197. The minimum Gasteiger partial charge on any atom is -0.365 e. The van der Waals surface area contributed by atoms with Crippen LogP contribution in [0, 0.1) is 0 Å². The van der Waals surface area contributed by atoms with E-state index in [1.165, 1.54) is 19.2 Å². The normalized spacial score (nSPS) is 9.31. The Bertz CT molecular complexity index is 349. The van der Waals surface area contributed by atoms with Crippen molar-refractivity contribution in [3.8, 4) is 0 Å². The molecular formula is C8H9N3O2. The maximum atomic E-state index is 10.8. The molecule has 0 aromatic carbocycles. The number of hydrogen-bond acceptors (Lipinski definition) is 3. The zero-order valence-corrected chi connectivity index (χ0v) is 7.07. The van der Waals surface area contributed by atoms with Crippen molar-refractivity contribution < 1.29 is 9.59 Å². The Hall–Kier alpha value is -1.91. The van der Waals surface area contributed by atoms with Gasteiger partial charge in [-0.1, -0.05) is 0 Å². The molecule has 0 spiro atoms. The molecule has 1 heterocycles. The molecule has 0 aliphatic carbocycles.